The maximum absolute atomic E-state index is 11.9. The summed E-state index contributed by atoms with van der Waals surface area (Å²) in [5.74, 6) is 0.792. The molecule has 0 radical (unpaired) electrons. The summed E-state index contributed by atoms with van der Waals surface area (Å²) in [5, 5.41) is 6.03. The van der Waals surface area contributed by atoms with Crippen LogP contribution >= 0.6 is 11.6 Å². The number of nitrogens with one attached hydrogen (secondary N) is 2. The minimum Gasteiger partial charge on any atom is -0.454 e. The van der Waals surface area contributed by atoms with Gasteiger partial charge in [0.25, 0.3) is 0 Å². The molecule has 1 heterocycles. The molecule has 136 valence electrons. The van der Waals surface area contributed by atoms with Crippen molar-refractivity contribution in [1.82, 2.24) is 5.32 Å². The van der Waals surface area contributed by atoms with E-state index in [1.165, 1.54) is 0 Å². The van der Waals surface area contributed by atoms with Gasteiger partial charge in [-0.2, -0.15) is 0 Å². The van der Waals surface area contributed by atoms with Gasteiger partial charge < -0.3 is 20.1 Å². The largest absolute Gasteiger partial charge is 0.454 e. The average molecular weight is 375 g/mol. The summed E-state index contributed by atoms with van der Waals surface area (Å²) in [6.07, 6.45) is 1.85. The number of fused-ring (bicyclic) bond motifs is 1. The first kappa shape index (κ1) is 18.1. The van der Waals surface area contributed by atoms with Crippen LogP contribution in [-0.2, 0) is 16.0 Å². The van der Waals surface area contributed by atoms with Crippen molar-refractivity contribution in [2.24, 2.45) is 0 Å². The maximum atomic E-state index is 11.9. The molecule has 0 atom stereocenters. The zero-order chi connectivity index (χ0) is 18.4. The molecule has 1 aliphatic rings. The lowest BCUT2D eigenvalue weighted by atomic mass is 10.1. The third-order valence-corrected chi connectivity index (χ3v) is 4.14. The Morgan fingerprint density at radius 1 is 1.00 bits per heavy atom. The summed E-state index contributed by atoms with van der Waals surface area (Å²) < 4.78 is 10.5. The van der Waals surface area contributed by atoms with Crippen LogP contribution in [0.3, 0.4) is 0 Å². The highest BCUT2D eigenvalue weighted by molar-refractivity contribution is 6.30. The summed E-state index contributed by atoms with van der Waals surface area (Å²) in [6, 6.07) is 12.7. The van der Waals surface area contributed by atoms with Crippen LogP contribution in [0.2, 0.25) is 5.02 Å². The second kappa shape index (κ2) is 8.58. The molecule has 0 unspecified atom stereocenters. The highest BCUT2D eigenvalue weighted by atomic mass is 35.5. The third-order valence-electron chi connectivity index (χ3n) is 3.88. The van der Waals surface area contributed by atoms with E-state index < -0.39 is 0 Å². The number of anilines is 1. The zero-order valence-electron chi connectivity index (χ0n) is 14.1. The fraction of sp³-hybridized carbons (Fsp3) is 0.263. The maximum Gasteiger partial charge on any atom is 0.243 e. The Labute approximate surface area is 156 Å². The van der Waals surface area contributed by atoms with Crippen LogP contribution in [0.1, 0.15) is 18.4 Å². The van der Waals surface area contributed by atoms with E-state index in [0.29, 0.717) is 35.1 Å². The molecule has 0 fully saturated rings. The van der Waals surface area contributed by atoms with Crippen molar-refractivity contribution in [3.63, 3.8) is 0 Å². The van der Waals surface area contributed by atoms with Gasteiger partial charge in [0.05, 0.1) is 6.54 Å². The van der Waals surface area contributed by atoms with E-state index in [-0.39, 0.29) is 25.2 Å². The van der Waals surface area contributed by atoms with Gasteiger partial charge in [-0.15, -0.1) is 0 Å². The first-order valence-corrected chi connectivity index (χ1v) is 8.68. The lowest BCUT2D eigenvalue weighted by Gasteiger charge is -2.08. The summed E-state index contributed by atoms with van der Waals surface area (Å²) >= 11 is 5.84. The summed E-state index contributed by atoms with van der Waals surface area (Å²) in [4.78, 5) is 23.8. The molecule has 7 heteroatoms. The molecule has 2 N–H and O–H groups in total. The van der Waals surface area contributed by atoms with Gasteiger partial charge in [0, 0.05) is 23.2 Å². The van der Waals surface area contributed by atoms with E-state index in [4.69, 9.17) is 21.1 Å². The van der Waals surface area contributed by atoms with Gasteiger partial charge in [-0.1, -0.05) is 23.7 Å². The molecule has 3 rings (SSSR count). The predicted molar refractivity (Wildman–Crippen MR) is 98.6 cm³/mol. The number of aryl methyl sites for hydroxylation is 1. The Hall–Kier alpha value is -2.73. The van der Waals surface area contributed by atoms with Crippen LogP contribution in [0.5, 0.6) is 11.5 Å². The fourth-order valence-corrected chi connectivity index (χ4v) is 2.68. The third kappa shape index (κ3) is 5.13. The normalized spacial score (nSPS) is 11.9. The smallest absolute Gasteiger partial charge is 0.243 e. The molecule has 1 aliphatic heterocycles. The molecule has 26 heavy (non-hydrogen) atoms. The van der Waals surface area contributed by atoms with E-state index in [1.807, 2.05) is 24.3 Å². The van der Waals surface area contributed by atoms with Crippen LogP contribution in [0.4, 0.5) is 5.69 Å². The summed E-state index contributed by atoms with van der Waals surface area (Å²) in [6.45, 7) is 0.104. The topological polar surface area (TPSA) is 76.7 Å². The SMILES string of the molecule is O=C(CCCc1ccc(Cl)cc1)NCC(=O)Nc1ccc2c(c1)OCO2. The van der Waals surface area contributed by atoms with Crippen molar-refractivity contribution in [1.29, 1.82) is 0 Å². The van der Waals surface area contributed by atoms with Crippen molar-refractivity contribution >= 4 is 29.1 Å². The number of carbonyl (C=O) groups excluding carboxylic acids is 2. The Morgan fingerprint density at radius 3 is 2.58 bits per heavy atom. The number of carbonyl (C=O) groups is 2. The molecular formula is C19H19ClN2O4. The van der Waals surface area contributed by atoms with Crippen molar-refractivity contribution in [3.8, 4) is 11.5 Å². The Morgan fingerprint density at radius 2 is 1.77 bits per heavy atom. The van der Waals surface area contributed by atoms with Crippen LogP contribution in [0.25, 0.3) is 0 Å². The molecule has 2 aromatic carbocycles. The first-order valence-electron chi connectivity index (χ1n) is 8.31. The van der Waals surface area contributed by atoms with Gasteiger partial charge in [0.1, 0.15) is 0 Å². The van der Waals surface area contributed by atoms with Crippen molar-refractivity contribution < 1.29 is 19.1 Å². The van der Waals surface area contributed by atoms with Gasteiger partial charge in [-0.25, -0.2) is 0 Å². The Balaban J connectivity index is 1.36. The predicted octanol–water partition coefficient (Wildman–Crippen LogP) is 3.15. The number of hydrogen-bond acceptors (Lipinski definition) is 4. The molecule has 6 nitrogen and oxygen atoms in total. The van der Waals surface area contributed by atoms with E-state index in [1.54, 1.807) is 18.2 Å². The van der Waals surface area contributed by atoms with E-state index in [0.717, 1.165) is 12.0 Å². The molecule has 2 aromatic rings. The van der Waals surface area contributed by atoms with E-state index >= 15 is 0 Å². The van der Waals surface area contributed by atoms with Crippen molar-refractivity contribution in [2.75, 3.05) is 18.7 Å². The van der Waals surface area contributed by atoms with Crippen LogP contribution in [0.15, 0.2) is 42.5 Å². The highest BCUT2D eigenvalue weighted by Crippen LogP contribution is 2.34. The standard InChI is InChI=1S/C19H19ClN2O4/c20-14-6-4-13(5-7-14)2-1-3-18(23)21-11-19(24)22-15-8-9-16-17(10-15)26-12-25-16/h4-10H,1-3,11-12H2,(H,21,23)(H,22,24). The van der Waals surface area contributed by atoms with Crippen LogP contribution < -0.4 is 20.1 Å². The van der Waals surface area contributed by atoms with Crippen LogP contribution in [-0.4, -0.2) is 25.2 Å². The number of amides is 2. The number of rotatable bonds is 7. The van der Waals surface area contributed by atoms with Gasteiger partial charge in [-0.05, 0) is 42.7 Å². The van der Waals surface area contributed by atoms with Gasteiger partial charge in [0.15, 0.2) is 11.5 Å². The molecule has 0 spiro atoms. The van der Waals surface area contributed by atoms with Crippen molar-refractivity contribution in [3.05, 3.63) is 53.1 Å². The minimum absolute atomic E-state index is 0.0752. The number of hydrogen-bond donors (Lipinski definition) is 2. The molecule has 0 aliphatic carbocycles. The molecule has 0 aromatic heterocycles. The molecule has 0 saturated heterocycles. The van der Waals surface area contributed by atoms with E-state index in [9.17, 15) is 9.59 Å². The Kier molecular flexibility index (Phi) is 5.96. The lowest BCUT2D eigenvalue weighted by molar-refractivity contribution is -0.124. The second-order valence-corrected chi connectivity index (χ2v) is 6.31. The summed E-state index contributed by atoms with van der Waals surface area (Å²) in [7, 11) is 0. The molecule has 0 saturated carbocycles. The highest BCUT2D eigenvalue weighted by Gasteiger charge is 2.14. The average Bonchev–Trinajstić information content (AvgIpc) is 3.09. The lowest BCUT2D eigenvalue weighted by Crippen LogP contribution is -2.32. The molecule has 0 bridgehead atoms. The second-order valence-electron chi connectivity index (χ2n) is 5.87. The van der Waals surface area contributed by atoms with Gasteiger partial charge in [-0.3, -0.25) is 9.59 Å². The first-order chi connectivity index (χ1) is 12.6. The van der Waals surface area contributed by atoms with Gasteiger partial charge >= 0.3 is 0 Å². The Bertz CT molecular complexity index is 793. The van der Waals surface area contributed by atoms with Crippen molar-refractivity contribution in [2.45, 2.75) is 19.3 Å². The minimum atomic E-state index is -0.296. The zero-order valence-corrected chi connectivity index (χ0v) is 14.8. The van der Waals surface area contributed by atoms with Gasteiger partial charge in [0.2, 0.25) is 18.6 Å². The van der Waals surface area contributed by atoms with E-state index in [2.05, 4.69) is 10.6 Å². The number of benzene rings is 2. The molecule has 2 amide bonds. The number of halogens is 1. The summed E-state index contributed by atoms with van der Waals surface area (Å²) in [5.41, 5.74) is 1.72. The molecular weight excluding hydrogens is 356 g/mol. The monoisotopic (exact) mass is 374 g/mol. The number of ether oxygens (including phenoxy) is 2. The van der Waals surface area contributed by atoms with Crippen LogP contribution in [0, 0.1) is 0 Å². The quantitative estimate of drug-likeness (QED) is 0.780. The fourth-order valence-electron chi connectivity index (χ4n) is 2.55.